The van der Waals surface area contributed by atoms with Crippen LogP contribution in [-0.2, 0) is 7.05 Å². The second-order valence-electron chi connectivity index (χ2n) is 8.08. The Balaban J connectivity index is 2.07. The number of nitro groups is 1. The Kier molecular flexibility index (Phi) is 5.89. The molecule has 0 aliphatic heterocycles. The lowest BCUT2D eigenvalue weighted by atomic mass is 10.1. The van der Waals surface area contributed by atoms with E-state index in [0.29, 0.717) is 10.9 Å². The van der Waals surface area contributed by atoms with Crippen LogP contribution >= 0.6 is 7.05 Å². The first-order chi connectivity index (χ1) is 17.0. The Morgan fingerprint density at radius 3 is 1.60 bits per heavy atom. The second-order valence-corrected chi connectivity index (χ2v) is 11.1. The number of rotatable bonds is 5. The van der Waals surface area contributed by atoms with Crippen molar-refractivity contribution in [2.45, 2.75) is 0 Å². The topological polar surface area (TPSA) is 77.5 Å². The summed E-state index contributed by atoms with van der Waals surface area (Å²) >= 11 is 0. The van der Waals surface area contributed by atoms with Gasteiger partial charge in [0.15, 0.2) is 5.69 Å². The van der Waals surface area contributed by atoms with E-state index in [2.05, 4.69) is 0 Å². The monoisotopic (exact) mass is 479 g/mol. The van der Waals surface area contributed by atoms with Crippen LogP contribution in [0.5, 0.6) is 0 Å². The summed E-state index contributed by atoms with van der Waals surface area (Å²) < 4.78 is 6.63. The maximum Gasteiger partial charge on any atom is 0.359 e. The number of para-hydroxylation sites is 1. The first-order valence-corrected chi connectivity index (χ1v) is 12.8. The molecule has 5 rings (SSSR count). The van der Waals surface area contributed by atoms with E-state index in [4.69, 9.17) is 4.74 Å². The standard InChI is InChI=1S/C28H22N3O3P/c1-30-25-20-12-11-19-24(25)26(27(28(30)32)31(33)34)29-35(21-13-5-2-6-14-21,22-15-7-3-8-16-22)23-17-9-4-10-18-23/h2-20H,1H3. The van der Waals surface area contributed by atoms with Gasteiger partial charge in [0.1, 0.15) is 0 Å². The Hall–Kier alpha value is -4.28. The summed E-state index contributed by atoms with van der Waals surface area (Å²) in [7, 11) is -1.26. The summed E-state index contributed by atoms with van der Waals surface area (Å²) in [6.45, 7) is 0. The van der Waals surface area contributed by atoms with E-state index < -0.39 is 23.2 Å². The molecule has 1 heterocycles. The number of aryl methyl sites for hydroxylation is 1. The van der Waals surface area contributed by atoms with Crippen LogP contribution < -0.4 is 21.5 Å². The molecule has 0 atom stereocenters. The van der Waals surface area contributed by atoms with Gasteiger partial charge in [0.2, 0.25) is 0 Å². The number of hydrogen-bond donors (Lipinski definition) is 0. The van der Waals surface area contributed by atoms with E-state index in [1.54, 1.807) is 19.2 Å². The molecule has 7 heteroatoms. The van der Waals surface area contributed by atoms with E-state index in [1.807, 2.05) is 103 Å². The Labute approximate surface area is 202 Å². The van der Waals surface area contributed by atoms with Gasteiger partial charge in [-0.1, -0.05) is 109 Å². The number of nitrogens with zero attached hydrogens (tertiary/aromatic N) is 3. The van der Waals surface area contributed by atoms with Crippen LogP contribution in [-0.4, -0.2) is 9.49 Å². The van der Waals surface area contributed by atoms with Gasteiger partial charge in [0.25, 0.3) is 0 Å². The Morgan fingerprint density at radius 1 is 0.714 bits per heavy atom. The van der Waals surface area contributed by atoms with Gasteiger partial charge >= 0.3 is 11.2 Å². The lowest BCUT2D eigenvalue weighted by Gasteiger charge is -2.27. The highest BCUT2D eigenvalue weighted by Crippen LogP contribution is 2.51. The van der Waals surface area contributed by atoms with E-state index in [-0.39, 0.29) is 5.69 Å². The average Bonchev–Trinajstić information content (AvgIpc) is 2.91. The predicted molar refractivity (Wildman–Crippen MR) is 143 cm³/mol. The third-order valence-electron chi connectivity index (χ3n) is 6.07. The second kappa shape index (κ2) is 9.16. The fourth-order valence-electron chi connectivity index (χ4n) is 4.43. The first-order valence-electron chi connectivity index (χ1n) is 11.1. The Morgan fingerprint density at radius 2 is 1.14 bits per heavy atom. The molecule has 0 bridgehead atoms. The summed E-state index contributed by atoms with van der Waals surface area (Å²) in [6, 6.07) is 36.7. The molecule has 0 amide bonds. The van der Waals surface area contributed by atoms with E-state index in [9.17, 15) is 14.9 Å². The smallest absolute Gasteiger partial charge is 0.305 e. The molecule has 0 radical (unpaired) electrons. The molecule has 1 aromatic heterocycles. The van der Waals surface area contributed by atoms with Crippen molar-refractivity contribution in [3.8, 4) is 0 Å². The van der Waals surface area contributed by atoms with Crippen molar-refractivity contribution in [2.75, 3.05) is 0 Å². The summed E-state index contributed by atoms with van der Waals surface area (Å²) in [5.41, 5.74) is -0.495. The molecule has 0 N–H and O–H groups in total. The van der Waals surface area contributed by atoms with E-state index >= 15 is 0 Å². The summed E-state index contributed by atoms with van der Waals surface area (Å²) in [6.07, 6.45) is 0. The Bertz CT molecular complexity index is 1540. The molecule has 0 aliphatic carbocycles. The van der Waals surface area contributed by atoms with Gasteiger partial charge < -0.3 is 4.57 Å². The quantitative estimate of drug-likeness (QED) is 0.196. The van der Waals surface area contributed by atoms with Gasteiger partial charge in [-0.3, -0.25) is 14.9 Å². The van der Waals surface area contributed by atoms with Gasteiger partial charge in [-0.2, -0.15) is 0 Å². The van der Waals surface area contributed by atoms with Crippen molar-refractivity contribution in [3.63, 3.8) is 0 Å². The van der Waals surface area contributed by atoms with Crippen LogP contribution in [0.4, 0.5) is 11.4 Å². The summed E-state index contributed by atoms with van der Waals surface area (Å²) in [5, 5.41) is 15.7. The molecule has 0 unspecified atom stereocenters. The first kappa shape index (κ1) is 22.5. The predicted octanol–water partition coefficient (Wildman–Crippen LogP) is 5.26. The summed E-state index contributed by atoms with van der Waals surface area (Å²) in [4.78, 5) is 24.9. The molecule has 35 heavy (non-hydrogen) atoms. The minimum atomic E-state index is -2.81. The van der Waals surface area contributed by atoms with Gasteiger partial charge in [-0.15, -0.1) is 0 Å². The molecular weight excluding hydrogens is 457 g/mol. The number of fused-ring (bicyclic) bond motifs is 1. The lowest BCUT2D eigenvalue weighted by Crippen LogP contribution is -2.25. The van der Waals surface area contributed by atoms with Gasteiger partial charge in [-0.25, -0.2) is 4.74 Å². The average molecular weight is 479 g/mol. The van der Waals surface area contributed by atoms with Crippen LogP contribution in [0.25, 0.3) is 10.9 Å². The molecule has 5 aromatic rings. The third kappa shape index (κ3) is 3.78. The zero-order valence-electron chi connectivity index (χ0n) is 19.0. The molecule has 172 valence electrons. The molecule has 0 fully saturated rings. The van der Waals surface area contributed by atoms with Crippen LogP contribution in [0.3, 0.4) is 0 Å². The zero-order chi connectivity index (χ0) is 24.4. The van der Waals surface area contributed by atoms with Gasteiger partial charge in [0.05, 0.1) is 17.5 Å². The maximum atomic E-state index is 13.2. The normalized spacial score (nSPS) is 11.3. The minimum Gasteiger partial charge on any atom is -0.305 e. The molecule has 0 spiro atoms. The molecular formula is C28H22N3O3P. The number of hydrogen-bond acceptors (Lipinski definition) is 4. The molecule has 0 aliphatic rings. The van der Waals surface area contributed by atoms with Crippen LogP contribution in [0.2, 0.25) is 0 Å². The zero-order valence-corrected chi connectivity index (χ0v) is 19.9. The van der Waals surface area contributed by atoms with Crippen molar-refractivity contribution in [2.24, 2.45) is 11.8 Å². The van der Waals surface area contributed by atoms with E-state index in [0.717, 1.165) is 15.9 Å². The van der Waals surface area contributed by atoms with E-state index in [1.165, 1.54) is 4.57 Å². The number of benzene rings is 4. The SMILES string of the molecule is Cn1c(=O)c([N+](=O)[O-])c(N=P(c2ccccc2)(c2ccccc2)c2ccccc2)c2ccccc21. The van der Waals surface area contributed by atoms with Gasteiger partial charge in [0, 0.05) is 28.3 Å². The maximum absolute atomic E-state index is 13.2. The lowest BCUT2D eigenvalue weighted by molar-refractivity contribution is -0.385. The van der Waals surface area contributed by atoms with Crippen molar-refractivity contribution in [3.05, 3.63) is 136 Å². The number of pyridine rings is 1. The highest BCUT2D eigenvalue weighted by molar-refractivity contribution is 7.87. The molecule has 6 nitrogen and oxygen atoms in total. The fraction of sp³-hybridized carbons (Fsp3) is 0.0357. The molecule has 0 saturated heterocycles. The largest absolute Gasteiger partial charge is 0.359 e. The van der Waals surface area contributed by atoms with Crippen molar-refractivity contribution in [1.29, 1.82) is 0 Å². The summed E-state index contributed by atoms with van der Waals surface area (Å²) in [5.74, 6) is 0. The van der Waals surface area contributed by atoms with Crippen LogP contribution in [0.1, 0.15) is 0 Å². The minimum absolute atomic E-state index is 0.110. The molecule has 0 saturated carbocycles. The van der Waals surface area contributed by atoms with Gasteiger partial charge in [-0.05, 0) is 6.07 Å². The van der Waals surface area contributed by atoms with Crippen molar-refractivity contribution < 1.29 is 4.92 Å². The van der Waals surface area contributed by atoms with Crippen LogP contribution in [0, 0.1) is 10.1 Å². The van der Waals surface area contributed by atoms with Crippen molar-refractivity contribution >= 4 is 45.2 Å². The van der Waals surface area contributed by atoms with Crippen molar-refractivity contribution in [1.82, 2.24) is 4.57 Å². The fourth-order valence-corrected chi connectivity index (χ4v) is 7.98. The third-order valence-corrected chi connectivity index (χ3v) is 9.71. The highest BCUT2D eigenvalue weighted by Gasteiger charge is 2.32. The number of aromatic nitrogens is 1. The molecule has 4 aromatic carbocycles. The van der Waals surface area contributed by atoms with Crippen LogP contribution in [0.15, 0.2) is 125 Å². The highest BCUT2D eigenvalue weighted by atomic mass is 31.2.